The summed E-state index contributed by atoms with van der Waals surface area (Å²) in [5.74, 6) is -0.168. The maximum atomic E-state index is 13.3. The van der Waals surface area contributed by atoms with Crippen molar-refractivity contribution in [1.29, 1.82) is 0 Å². The molecule has 0 aliphatic carbocycles. The predicted octanol–water partition coefficient (Wildman–Crippen LogP) is 7.06. The highest BCUT2D eigenvalue weighted by Crippen LogP contribution is 2.31. The zero-order chi connectivity index (χ0) is 38.0. The van der Waals surface area contributed by atoms with Crippen molar-refractivity contribution in [3.05, 3.63) is 118 Å². The van der Waals surface area contributed by atoms with Crippen LogP contribution in [0.2, 0.25) is 0 Å². The fourth-order valence-corrected chi connectivity index (χ4v) is 8.90. The Kier molecular flexibility index (Phi) is 14.2. The average Bonchev–Trinajstić information content (AvgIpc) is 3.14. The van der Waals surface area contributed by atoms with Gasteiger partial charge >= 0.3 is 0 Å². The first-order valence-electron chi connectivity index (χ1n) is 17.6. The zero-order valence-electron chi connectivity index (χ0n) is 30.6. The molecule has 53 heavy (non-hydrogen) atoms. The highest BCUT2D eigenvalue weighted by molar-refractivity contribution is 8.00. The molecule has 4 aromatic rings. The Hall–Kier alpha value is -4.08. The number of nitro benzene ring substituents is 1. The number of carbonyl (C=O) groups is 1. The van der Waals surface area contributed by atoms with Crippen LogP contribution in [0.1, 0.15) is 36.2 Å². The third-order valence-corrected chi connectivity index (χ3v) is 12.4. The van der Waals surface area contributed by atoms with Crippen molar-refractivity contribution < 1.29 is 18.1 Å². The molecular formula is C39H48N6O5S3. The van der Waals surface area contributed by atoms with E-state index in [1.807, 2.05) is 73.2 Å². The van der Waals surface area contributed by atoms with Crippen molar-refractivity contribution in [3.63, 3.8) is 0 Å². The van der Waals surface area contributed by atoms with Gasteiger partial charge in [-0.05, 0) is 87.2 Å². The Labute approximate surface area is 321 Å². The minimum atomic E-state index is -4.41. The summed E-state index contributed by atoms with van der Waals surface area (Å²) < 4.78 is 28.7. The molecule has 282 valence electrons. The molecule has 0 unspecified atom stereocenters. The molecular weight excluding hydrogens is 729 g/mol. The van der Waals surface area contributed by atoms with Crippen LogP contribution in [0, 0.1) is 10.1 Å². The van der Waals surface area contributed by atoms with Crippen molar-refractivity contribution in [2.75, 3.05) is 62.8 Å². The summed E-state index contributed by atoms with van der Waals surface area (Å²) in [6.07, 6.45) is 0.710. The van der Waals surface area contributed by atoms with E-state index in [1.165, 1.54) is 22.6 Å². The minimum Gasteiger partial charge on any atom is -0.376 e. The number of rotatable bonds is 17. The van der Waals surface area contributed by atoms with Crippen LogP contribution in [0.4, 0.5) is 17.1 Å². The van der Waals surface area contributed by atoms with E-state index >= 15 is 0 Å². The largest absolute Gasteiger partial charge is 0.376 e. The normalized spacial score (nSPS) is 14.3. The number of thioether (sulfide) groups is 2. The summed E-state index contributed by atoms with van der Waals surface area (Å²) >= 11 is 3.52. The van der Waals surface area contributed by atoms with Gasteiger partial charge < -0.3 is 15.1 Å². The van der Waals surface area contributed by atoms with Gasteiger partial charge in [0.05, 0.1) is 9.82 Å². The quantitative estimate of drug-likeness (QED) is 0.0650. The summed E-state index contributed by atoms with van der Waals surface area (Å²) in [5, 5.41) is 15.9. The lowest BCUT2D eigenvalue weighted by molar-refractivity contribution is -0.384. The van der Waals surface area contributed by atoms with Gasteiger partial charge in [-0.15, -0.1) is 23.5 Å². The van der Waals surface area contributed by atoms with Gasteiger partial charge in [-0.3, -0.25) is 19.8 Å². The second kappa shape index (κ2) is 18.8. The van der Waals surface area contributed by atoms with Crippen LogP contribution >= 0.6 is 23.5 Å². The summed E-state index contributed by atoms with van der Waals surface area (Å²) in [6.45, 7) is 9.49. The van der Waals surface area contributed by atoms with Crippen LogP contribution in [0.5, 0.6) is 0 Å². The molecule has 1 aliphatic heterocycles. The van der Waals surface area contributed by atoms with Crippen LogP contribution < -0.4 is 14.9 Å². The third kappa shape index (κ3) is 11.7. The summed E-state index contributed by atoms with van der Waals surface area (Å²) in [6, 6.07) is 28.8. The molecule has 5 rings (SSSR count). The molecule has 1 amide bonds. The van der Waals surface area contributed by atoms with Crippen LogP contribution in [0.15, 0.2) is 112 Å². The monoisotopic (exact) mass is 776 g/mol. The Morgan fingerprint density at radius 1 is 0.925 bits per heavy atom. The van der Waals surface area contributed by atoms with Crippen molar-refractivity contribution >= 4 is 56.5 Å². The van der Waals surface area contributed by atoms with Crippen molar-refractivity contribution in [1.82, 2.24) is 14.5 Å². The Morgan fingerprint density at radius 3 is 2.26 bits per heavy atom. The molecule has 0 saturated carbocycles. The summed E-state index contributed by atoms with van der Waals surface area (Å²) in [5.41, 5.74) is 2.28. The molecule has 1 atom stereocenters. The predicted molar refractivity (Wildman–Crippen MR) is 217 cm³/mol. The number of nitro groups is 1. The van der Waals surface area contributed by atoms with Gasteiger partial charge in [-0.2, -0.15) is 0 Å². The van der Waals surface area contributed by atoms with Crippen molar-refractivity contribution in [2.24, 2.45) is 0 Å². The number of anilines is 2. The number of nitrogens with zero attached hydrogens (tertiary/aromatic N) is 4. The number of hydrogen-bond acceptors (Lipinski definition) is 11. The van der Waals surface area contributed by atoms with Crippen LogP contribution in [-0.4, -0.2) is 92.9 Å². The second-order valence-corrected chi connectivity index (χ2v) is 17.9. The molecule has 0 bridgehead atoms. The Bertz CT molecular complexity index is 1940. The van der Waals surface area contributed by atoms with E-state index in [4.69, 9.17) is 0 Å². The van der Waals surface area contributed by atoms with Gasteiger partial charge in [0.25, 0.3) is 21.6 Å². The Morgan fingerprint density at radius 2 is 1.60 bits per heavy atom. The van der Waals surface area contributed by atoms with E-state index in [2.05, 4.69) is 58.0 Å². The number of sulfonamides is 1. The lowest BCUT2D eigenvalue weighted by Crippen LogP contribution is -2.46. The van der Waals surface area contributed by atoms with Crippen LogP contribution in [0.25, 0.3) is 0 Å². The number of piperazine rings is 1. The standard InChI is InChI=1S/C39H48N6O5S3/c1-29(2)52-38-13-9-8-10-31(38)27-43-22-24-44(25-23-43)33-16-14-30(15-17-33)39(46)41-53(49,50)35-18-19-36(37(26-35)45(47)48)40-32(20-21-42(3)4)28-51-34-11-6-5-7-12-34/h5-19,26,29,32,40H,20-25,27-28H2,1-4H3,(H,41,46)/t32-/m1/s1. The van der Waals surface area contributed by atoms with Crippen LogP contribution in [-0.2, 0) is 16.6 Å². The number of hydrogen-bond donors (Lipinski definition) is 2. The molecule has 1 heterocycles. The van der Waals surface area contributed by atoms with Gasteiger partial charge in [0, 0.05) is 76.9 Å². The van der Waals surface area contributed by atoms with Gasteiger partial charge in [0.1, 0.15) is 5.69 Å². The molecule has 4 aromatic carbocycles. The minimum absolute atomic E-state index is 0.133. The van der Waals surface area contributed by atoms with Gasteiger partial charge in [0.15, 0.2) is 0 Å². The van der Waals surface area contributed by atoms with Crippen LogP contribution in [0.3, 0.4) is 0 Å². The van der Waals surface area contributed by atoms with Gasteiger partial charge in [0.2, 0.25) is 0 Å². The maximum Gasteiger partial charge on any atom is 0.293 e. The second-order valence-electron chi connectivity index (χ2n) is 13.5. The average molecular weight is 777 g/mol. The van der Waals surface area contributed by atoms with E-state index in [9.17, 15) is 23.3 Å². The Balaban J connectivity index is 1.19. The molecule has 0 aromatic heterocycles. The third-order valence-electron chi connectivity index (χ3n) is 8.78. The summed E-state index contributed by atoms with van der Waals surface area (Å²) in [4.78, 5) is 33.4. The topological polar surface area (TPSA) is 128 Å². The number of carbonyl (C=O) groups excluding carboxylic acids is 1. The number of nitrogens with one attached hydrogen (secondary N) is 2. The molecule has 1 fully saturated rings. The van der Waals surface area contributed by atoms with E-state index in [1.54, 1.807) is 23.9 Å². The smallest absolute Gasteiger partial charge is 0.293 e. The first-order valence-corrected chi connectivity index (χ1v) is 21.0. The van der Waals surface area contributed by atoms with Crippen molar-refractivity contribution in [2.45, 2.75) is 52.8 Å². The maximum absolute atomic E-state index is 13.3. The lowest BCUT2D eigenvalue weighted by atomic mass is 10.1. The van der Waals surface area contributed by atoms with E-state index in [-0.39, 0.29) is 27.9 Å². The van der Waals surface area contributed by atoms with E-state index in [0.717, 1.165) is 55.9 Å². The molecule has 1 aliphatic rings. The molecule has 2 N–H and O–H groups in total. The zero-order valence-corrected chi connectivity index (χ0v) is 33.1. The molecule has 14 heteroatoms. The number of amides is 1. The fourth-order valence-electron chi connectivity index (χ4n) is 5.97. The first-order chi connectivity index (χ1) is 25.4. The fraction of sp³-hybridized carbons (Fsp3) is 0.359. The van der Waals surface area contributed by atoms with E-state index < -0.39 is 20.9 Å². The molecule has 0 spiro atoms. The molecule has 0 radical (unpaired) electrons. The van der Waals surface area contributed by atoms with Gasteiger partial charge in [-0.25, -0.2) is 13.1 Å². The number of benzene rings is 4. The molecule has 1 saturated heterocycles. The lowest BCUT2D eigenvalue weighted by Gasteiger charge is -2.36. The highest BCUT2D eigenvalue weighted by atomic mass is 32.2. The van der Waals surface area contributed by atoms with Gasteiger partial charge in [-0.1, -0.05) is 50.2 Å². The van der Waals surface area contributed by atoms with E-state index in [0.29, 0.717) is 17.4 Å². The van der Waals surface area contributed by atoms with Crippen molar-refractivity contribution in [3.8, 4) is 0 Å². The highest BCUT2D eigenvalue weighted by Gasteiger charge is 2.26. The molecule has 11 nitrogen and oxygen atoms in total. The summed E-state index contributed by atoms with van der Waals surface area (Å²) in [7, 11) is -0.486. The first kappa shape index (κ1) is 40.1. The SMILES string of the molecule is CC(C)Sc1ccccc1CN1CCN(c2ccc(C(=O)NS(=O)(=O)c3ccc(N[C@H](CCN(C)C)CSc4ccccc4)c([N+](=O)[O-])c3)cc2)CC1.